The lowest BCUT2D eigenvalue weighted by atomic mass is 9.96. The molecule has 3 N–H and O–H groups in total. The summed E-state index contributed by atoms with van der Waals surface area (Å²) in [5.74, 6) is 1.67. The van der Waals surface area contributed by atoms with Gasteiger partial charge < -0.3 is 20.5 Å². The number of hydrogen-bond donors (Lipinski definition) is 2. The summed E-state index contributed by atoms with van der Waals surface area (Å²) in [5.41, 5.74) is 6.19. The van der Waals surface area contributed by atoms with Crippen molar-refractivity contribution in [1.82, 2.24) is 9.97 Å². The van der Waals surface area contributed by atoms with Gasteiger partial charge in [-0.1, -0.05) is 20.8 Å². The van der Waals surface area contributed by atoms with Crippen LogP contribution in [0, 0.1) is 0 Å². The van der Waals surface area contributed by atoms with Gasteiger partial charge in [-0.15, -0.1) is 0 Å². The van der Waals surface area contributed by atoms with Crippen molar-refractivity contribution < 1.29 is 9.47 Å². The molecule has 6 heteroatoms. The van der Waals surface area contributed by atoms with Crippen molar-refractivity contribution in [2.45, 2.75) is 26.2 Å². The second kappa shape index (κ2) is 5.86. The molecule has 102 valence electrons. The maximum Gasteiger partial charge on any atom is 0.242 e. The van der Waals surface area contributed by atoms with E-state index in [1.807, 2.05) is 20.8 Å². The van der Waals surface area contributed by atoms with Gasteiger partial charge in [0.1, 0.15) is 18.1 Å². The molecular weight excluding hydrogens is 232 g/mol. The van der Waals surface area contributed by atoms with Gasteiger partial charge in [0.05, 0.1) is 6.61 Å². The summed E-state index contributed by atoms with van der Waals surface area (Å²) in [5, 5.41) is 2.95. The van der Waals surface area contributed by atoms with Crippen LogP contribution in [0.1, 0.15) is 26.6 Å². The molecule has 1 aromatic rings. The average molecular weight is 254 g/mol. The first kappa shape index (κ1) is 14.5. The van der Waals surface area contributed by atoms with E-state index in [2.05, 4.69) is 15.3 Å². The van der Waals surface area contributed by atoms with Crippen LogP contribution in [0.4, 0.5) is 11.5 Å². The highest BCUT2D eigenvalue weighted by Gasteiger charge is 2.21. The molecule has 1 heterocycles. The SMILES string of the molecule is CNc1nc(C(C)(C)C)nc(OCCOC)c1N. The highest BCUT2D eigenvalue weighted by molar-refractivity contribution is 5.66. The smallest absolute Gasteiger partial charge is 0.242 e. The summed E-state index contributed by atoms with van der Waals surface area (Å²) in [6.07, 6.45) is 0. The molecule has 0 atom stereocenters. The third kappa shape index (κ3) is 3.46. The molecule has 0 amide bonds. The molecule has 1 rings (SSSR count). The number of ether oxygens (including phenoxy) is 2. The van der Waals surface area contributed by atoms with Crippen molar-refractivity contribution in [2.75, 3.05) is 38.4 Å². The Labute approximate surface area is 108 Å². The van der Waals surface area contributed by atoms with Gasteiger partial charge in [0.2, 0.25) is 5.88 Å². The fourth-order valence-corrected chi connectivity index (χ4v) is 1.31. The molecule has 0 aromatic carbocycles. The van der Waals surface area contributed by atoms with Gasteiger partial charge in [-0.3, -0.25) is 0 Å². The Morgan fingerprint density at radius 2 is 1.89 bits per heavy atom. The fraction of sp³-hybridized carbons (Fsp3) is 0.667. The van der Waals surface area contributed by atoms with Gasteiger partial charge in [0.25, 0.3) is 0 Å². The highest BCUT2D eigenvalue weighted by atomic mass is 16.5. The molecular formula is C12H22N4O2. The van der Waals surface area contributed by atoms with Crippen molar-refractivity contribution in [1.29, 1.82) is 0 Å². The Hall–Kier alpha value is -1.56. The maximum atomic E-state index is 5.93. The predicted octanol–water partition coefficient (Wildman–Crippen LogP) is 1.42. The molecule has 0 saturated heterocycles. The minimum absolute atomic E-state index is 0.168. The van der Waals surface area contributed by atoms with Gasteiger partial charge in [-0.25, -0.2) is 4.98 Å². The van der Waals surface area contributed by atoms with Crippen LogP contribution in [0.2, 0.25) is 0 Å². The molecule has 1 aromatic heterocycles. The average Bonchev–Trinajstić information content (AvgIpc) is 2.30. The van der Waals surface area contributed by atoms with Gasteiger partial charge in [0.15, 0.2) is 5.82 Å². The van der Waals surface area contributed by atoms with E-state index in [1.54, 1.807) is 14.2 Å². The van der Waals surface area contributed by atoms with E-state index in [0.717, 1.165) is 0 Å². The van der Waals surface area contributed by atoms with Crippen molar-refractivity contribution in [3.8, 4) is 5.88 Å². The highest BCUT2D eigenvalue weighted by Crippen LogP contribution is 2.29. The molecule has 0 unspecified atom stereocenters. The summed E-state index contributed by atoms with van der Waals surface area (Å²) in [6, 6.07) is 0. The topological polar surface area (TPSA) is 82.3 Å². The first-order chi connectivity index (χ1) is 8.40. The van der Waals surface area contributed by atoms with E-state index in [0.29, 0.717) is 36.4 Å². The van der Waals surface area contributed by atoms with E-state index in [9.17, 15) is 0 Å². The minimum atomic E-state index is -0.168. The van der Waals surface area contributed by atoms with Gasteiger partial charge >= 0.3 is 0 Å². The minimum Gasteiger partial charge on any atom is -0.474 e. The number of nitrogens with zero attached hydrogens (tertiary/aromatic N) is 2. The number of anilines is 2. The van der Waals surface area contributed by atoms with Crippen LogP contribution in [0.3, 0.4) is 0 Å². The van der Waals surface area contributed by atoms with E-state index in [-0.39, 0.29) is 5.41 Å². The lowest BCUT2D eigenvalue weighted by molar-refractivity contribution is 0.144. The molecule has 0 saturated carbocycles. The number of rotatable bonds is 5. The molecule has 0 aliphatic carbocycles. The van der Waals surface area contributed by atoms with Crippen LogP contribution < -0.4 is 15.8 Å². The van der Waals surface area contributed by atoms with E-state index in [4.69, 9.17) is 15.2 Å². The Morgan fingerprint density at radius 1 is 1.22 bits per heavy atom. The summed E-state index contributed by atoms with van der Waals surface area (Å²) in [4.78, 5) is 8.76. The number of nitrogens with two attached hydrogens (primary N) is 1. The van der Waals surface area contributed by atoms with Crippen molar-refractivity contribution in [3.05, 3.63) is 5.82 Å². The molecule has 0 fully saturated rings. The zero-order chi connectivity index (χ0) is 13.8. The molecule has 0 aliphatic rings. The number of methoxy groups -OCH3 is 1. The third-order valence-electron chi connectivity index (χ3n) is 2.34. The Kier molecular flexibility index (Phi) is 4.72. The normalized spacial score (nSPS) is 11.4. The zero-order valence-corrected chi connectivity index (χ0v) is 11.7. The molecule has 0 bridgehead atoms. The van der Waals surface area contributed by atoms with Crippen LogP contribution in [0.25, 0.3) is 0 Å². The fourth-order valence-electron chi connectivity index (χ4n) is 1.31. The Morgan fingerprint density at radius 3 is 2.39 bits per heavy atom. The predicted molar refractivity (Wildman–Crippen MR) is 72.1 cm³/mol. The van der Waals surface area contributed by atoms with Crippen LogP contribution in [-0.2, 0) is 10.2 Å². The van der Waals surface area contributed by atoms with Crippen molar-refractivity contribution >= 4 is 11.5 Å². The molecule has 0 radical (unpaired) electrons. The van der Waals surface area contributed by atoms with Crippen molar-refractivity contribution in [2.24, 2.45) is 0 Å². The van der Waals surface area contributed by atoms with Crippen molar-refractivity contribution in [3.63, 3.8) is 0 Å². The summed E-state index contributed by atoms with van der Waals surface area (Å²) in [7, 11) is 3.39. The lowest BCUT2D eigenvalue weighted by Crippen LogP contribution is -2.19. The summed E-state index contributed by atoms with van der Waals surface area (Å²) in [6.45, 7) is 7.01. The number of nitrogen functional groups attached to an aromatic ring is 1. The molecule has 0 spiro atoms. The monoisotopic (exact) mass is 254 g/mol. The van der Waals surface area contributed by atoms with E-state index >= 15 is 0 Å². The third-order valence-corrected chi connectivity index (χ3v) is 2.34. The zero-order valence-electron chi connectivity index (χ0n) is 11.7. The Balaban J connectivity index is 3.07. The molecule has 6 nitrogen and oxygen atoms in total. The van der Waals surface area contributed by atoms with E-state index in [1.165, 1.54) is 0 Å². The first-order valence-electron chi connectivity index (χ1n) is 5.87. The lowest BCUT2D eigenvalue weighted by Gasteiger charge is -2.20. The quantitative estimate of drug-likeness (QED) is 0.773. The second-order valence-corrected chi connectivity index (χ2v) is 4.96. The summed E-state index contributed by atoms with van der Waals surface area (Å²) >= 11 is 0. The molecule has 18 heavy (non-hydrogen) atoms. The van der Waals surface area contributed by atoms with Gasteiger partial charge in [-0.05, 0) is 0 Å². The number of hydrogen-bond acceptors (Lipinski definition) is 6. The van der Waals surface area contributed by atoms with Crippen LogP contribution >= 0.6 is 0 Å². The summed E-state index contributed by atoms with van der Waals surface area (Å²) < 4.78 is 10.4. The van der Waals surface area contributed by atoms with E-state index < -0.39 is 0 Å². The van der Waals surface area contributed by atoms with Crippen LogP contribution in [0.15, 0.2) is 0 Å². The second-order valence-electron chi connectivity index (χ2n) is 4.96. The van der Waals surface area contributed by atoms with Crippen LogP contribution in [-0.4, -0.2) is 37.3 Å². The maximum absolute atomic E-state index is 5.93. The number of nitrogens with one attached hydrogen (secondary N) is 1. The van der Waals surface area contributed by atoms with Crippen LogP contribution in [0.5, 0.6) is 5.88 Å². The molecule has 0 aliphatic heterocycles. The Bertz CT molecular complexity index is 402. The largest absolute Gasteiger partial charge is 0.474 e. The van der Waals surface area contributed by atoms with Gasteiger partial charge in [0, 0.05) is 19.6 Å². The number of aromatic nitrogens is 2. The standard InChI is InChI=1S/C12H22N4O2/c1-12(2,3)11-15-9(14-4)8(13)10(16-11)18-7-6-17-5/h6-7,13H2,1-5H3,(H,14,15,16). The first-order valence-corrected chi connectivity index (χ1v) is 5.87. The van der Waals surface area contributed by atoms with Gasteiger partial charge in [-0.2, -0.15) is 4.98 Å².